The molecule has 4 unspecified atom stereocenters. The molecule has 4 atom stereocenters. The van der Waals surface area contributed by atoms with E-state index >= 15 is 0 Å². The third-order valence-electron chi connectivity index (χ3n) is 7.47. The van der Waals surface area contributed by atoms with E-state index in [1.807, 2.05) is 6.07 Å². The molecule has 2 aromatic carbocycles. The van der Waals surface area contributed by atoms with Gasteiger partial charge in [0.05, 0.1) is 0 Å². The van der Waals surface area contributed by atoms with Crippen LogP contribution in [-0.4, -0.2) is 5.97 Å². The van der Waals surface area contributed by atoms with Gasteiger partial charge in [-0.05, 0) is 77.3 Å². The Bertz CT molecular complexity index is 950. The number of carbonyl (C=O) groups is 1. The first-order valence-corrected chi connectivity index (χ1v) is 9.77. The number of esters is 1. The fraction of sp³-hybridized carbons (Fsp3) is 0.375. The van der Waals surface area contributed by atoms with Crippen molar-refractivity contribution in [3.05, 3.63) is 65.7 Å². The van der Waals surface area contributed by atoms with Crippen LogP contribution in [0, 0.1) is 23.7 Å². The molecule has 2 aromatic rings. The second-order valence-electron chi connectivity index (χ2n) is 8.61. The smallest absolute Gasteiger partial charge is 0.308 e. The molecule has 2 nitrogen and oxygen atoms in total. The van der Waals surface area contributed by atoms with Gasteiger partial charge < -0.3 is 4.74 Å². The SMILES string of the molecule is CC(=O)Oc1ccc2c(c1)C1(CC3C4C=CC(C4)C3C1)c1ccccc1-2. The Morgan fingerprint density at radius 1 is 0.962 bits per heavy atom. The molecule has 26 heavy (non-hydrogen) atoms. The molecule has 2 saturated carbocycles. The van der Waals surface area contributed by atoms with Crippen molar-refractivity contribution in [3.63, 3.8) is 0 Å². The van der Waals surface area contributed by atoms with Gasteiger partial charge in [-0.1, -0.05) is 42.5 Å². The lowest BCUT2D eigenvalue weighted by atomic mass is 9.74. The normalized spacial score (nSPS) is 34.8. The van der Waals surface area contributed by atoms with E-state index in [0.717, 1.165) is 23.7 Å². The zero-order valence-electron chi connectivity index (χ0n) is 14.9. The summed E-state index contributed by atoms with van der Waals surface area (Å²) in [5, 5.41) is 0. The van der Waals surface area contributed by atoms with E-state index in [0.29, 0.717) is 5.75 Å². The zero-order valence-corrected chi connectivity index (χ0v) is 14.9. The van der Waals surface area contributed by atoms with Gasteiger partial charge in [0.2, 0.25) is 0 Å². The van der Waals surface area contributed by atoms with E-state index in [-0.39, 0.29) is 11.4 Å². The predicted octanol–water partition coefficient (Wildman–Crippen LogP) is 5.11. The summed E-state index contributed by atoms with van der Waals surface area (Å²) < 4.78 is 5.44. The van der Waals surface area contributed by atoms with Crippen LogP contribution in [0.25, 0.3) is 11.1 Å². The highest BCUT2D eigenvalue weighted by molar-refractivity contribution is 5.82. The molecule has 1 spiro atoms. The zero-order chi connectivity index (χ0) is 17.5. The molecule has 0 aliphatic heterocycles. The van der Waals surface area contributed by atoms with Crippen molar-refractivity contribution in [2.75, 3.05) is 0 Å². The maximum atomic E-state index is 11.5. The van der Waals surface area contributed by atoms with Gasteiger partial charge in [0, 0.05) is 12.3 Å². The minimum Gasteiger partial charge on any atom is -0.427 e. The minimum absolute atomic E-state index is 0.0976. The maximum absolute atomic E-state index is 11.5. The first kappa shape index (κ1) is 14.8. The Hall–Kier alpha value is -2.35. The van der Waals surface area contributed by atoms with Crippen LogP contribution in [0.15, 0.2) is 54.6 Å². The van der Waals surface area contributed by atoms with E-state index < -0.39 is 0 Å². The highest BCUT2D eigenvalue weighted by Crippen LogP contribution is 2.67. The summed E-state index contributed by atoms with van der Waals surface area (Å²) in [6.07, 6.45) is 8.78. The van der Waals surface area contributed by atoms with E-state index in [1.54, 1.807) is 0 Å². The van der Waals surface area contributed by atoms with Crippen LogP contribution in [0.1, 0.15) is 37.3 Å². The van der Waals surface area contributed by atoms with Crippen LogP contribution in [0.5, 0.6) is 5.75 Å². The molecule has 2 bridgehead atoms. The van der Waals surface area contributed by atoms with Crippen LogP contribution in [0.2, 0.25) is 0 Å². The van der Waals surface area contributed by atoms with Crippen molar-refractivity contribution in [1.82, 2.24) is 0 Å². The number of benzene rings is 2. The highest BCUT2D eigenvalue weighted by atomic mass is 16.5. The number of carbonyl (C=O) groups excluding carboxylic acids is 1. The Morgan fingerprint density at radius 2 is 1.65 bits per heavy atom. The second kappa shape index (κ2) is 4.88. The number of hydrogen-bond donors (Lipinski definition) is 0. The lowest BCUT2D eigenvalue weighted by Gasteiger charge is -2.29. The van der Waals surface area contributed by atoms with Crippen molar-refractivity contribution in [1.29, 1.82) is 0 Å². The third-order valence-corrected chi connectivity index (χ3v) is 7.47. The number of fused-ring (bicyclic) bond motifs is 10. The van der Waals surface area contributed by atoms with Crippen molar-refractivity contribution >= 4 is 5.97 Å². The number of ether oxygens (including phenoxy) is 1. The highest BCUT2D eigenvalue weighted by Gasteiger charge is 2.58. The summed E-state index contributed by atoms with van der Waals surface area (Å²) in [6, 6.07) is 15.2. The fourth-order valence-electron chi connectivity index (χ4n) is 6.62. The summed E-state index contributed by atoms with van der Waals surface area (Å²) in [4.78, 5) is 11.5. The van der Waals surface area contributed by atoms with Gasteiger partial charge in [0.25, 0.3) is 0 Å². The predicted molar refractivity (Wildman–Crippen MR) is 101 cm³/mol. The number of rotatable bonds is 1. The maximum Gasteiger partial charge on any atom is 0.308 e. The van der Waals surface area contributed by atoms with Crippen molar-refractivity contribution in [2.45, 2.75) is 31.6 Å². The first-order chi connectivity index (χ1) is 12.7. The van der Waals surface area contributed by atoms with E-state index in [2.05, 4.69) is 48.6 Å². The molecule has 4 aliphatic rings. The topological polar surface area (TPSA) is 26.3 Å². The molecule has 2 fully saturated rings. The van der Waals surface area contributed by atoms with Gasteiger partial charge in [-0.3, -0.25) is 4.79 Å². The Labute approximate surface area is 153 Å². The monoisotopic (exact) mass is 342 g/mol. The van der Waals surface area contributed by atoms with Crippen molar-refractivity contribution < 1.29 is 9.53 Å². The molecular weight excluding hydrogens is 320 g/mol. The molecule has 0 radical (unpaired) electrons. The molecule has 0 aromatic heterocycles. The van der Waals surface area contributed by atoms with E-state index in [1.165, 1.54) is 48.4 Å². The Morgan fingerprint density at radius 3 is 2.38 bits per heavy atom. The molecule has 0 N–H and O–H groups in total. The van der Waals surface area contributed by atoms with Crippen LogP contribution < -0.4 is 4.74 Å². The number of hydrogen-bond acceptors (Lipinski definition) is 2. The van der Waals surface area contributed by atoms with Crippen molar-refractivity contribution in [3.8, 4) is 16.9 Å². The first-order valence-electron chi connectivity index (χ1n) is 9.77. The van der Waals surface area contributed by atoms with Crippen LogP contribution in [0.3, 0.4) is 0 Å². The molecule has 0 heterocycles. The van der Waals surface area contributed by atoms with Gasteiger partial charge in [-0.15, -0.1) is 0 Å². The van der Waals surface area contributed by atoms with E-state index in [9.17, 15) is 4.79 Å². The number of allylic oxidation sites excluding steroid dienone is 2. The third kappa shape index (κ3) is 1.75. The van der Waals surface area contributed by atoms with E-state index in [4.69, 9.17) is 4.74 Å². The molecule has 6 rings (SSSR count). The van der Waals surface area contributed by atoms with Crippen LogP contribution in [-0.2, 0) is 10.2 Å². The summed E-state index contributed by atoms with van der Waals surface area (Å²) >= 11 is 0. The van der Waals surface area contributed by atoms with Crippen LogP contribution >= 0.6 is 0 Å². The second-order valence-corrected chi connectivity index (χ2v) is 8.61. The summed E-state index contributed by atoms with van der Waals surface area (Å²) in [5.74, 6) is 3.60. The van der Waals surface area contributed by atoms with Gasteiger partial charge >= 0.3 is 5.97 Å². The quantitative estimate of drug-likeness (QED) is 0.409. The average molecular weight is 342 g/mol. The minimum atomic E-state index is -0.250. The summed E-state index contributed by atoms with van der Waals surface area (Å²) in [7, 11) is 0. The van der Waals surface area contributed by atoms with Gasteiger partial charge in [-0.2, -0.15) is 0 Å². The molecule has 0 saturated heterocycles. The van der Waals surface area contributed by atoms with Gasteiger partial charge in [0.1, 0.15) is 5.75 Å². The summed E-state index contributed by atoms with van der Waals surface area (Å²) in [6.45, 7) is 1.47. The largest absolute Gasteiger partial charge is 0.427 e. The van der Waals surface area contributed by atoms with Gasteiger partial charge in [-0.25, -0.2) is 0 Å². The average Bonchev–Trinajstić information content (AvgIpc) is 3.37. The molecule has 2 heteroatoms. The molecule has 4 aliphatic carbocycles. The molecule has 0 amide bonds. The van der Waals surface area contributed by atoms with Crippen LogP contribution in [0.4, 0.5) is 0 Å². The molecular formula is C24H22O2. The van der Waals surface area contributed by atoms with Gasteiger partial charge in [0.15, 0.2) is 0 Å². The lowest BCUT2D eigenvalue weighted by molar-refractivity contribution is -0.131. The Kier molecular flexibility index (Phi) is 2.77. The fourth-order valence-corrected chi connectivity index (χ4v) is 6.62. The Balaban J connectivity index is 1.53. The summed E-state index contributed by atoms with van der Waals surface area (Å²) in [5.41, 5.74) is 5.67. The lowest BCUT2D eigenvalue weighted by Crippen LogP contribution is -2.23. The molecule has 130 valence electrons. The standard InChI is InChI=1S/C24H22O2/c1-14(25)26-17-8-9-19-18-4-2-3-5-22(18)24(23(19)11-17)12-20-15-6-7-16(10-15)21(20)13-24/h2-9,11,15-16,20-21H,10,12-13H2,1H3. The van der Waals surface area contributed by atoms with Crippen molar-refractivity contribution in [2.24, 2.45) is 23.7 Å².